The molecule has 1 aliphatic heterocycles. The fourth-order valence-electron chi connectivity index (χ4n) is 4.58. The second-order valence-electron chi connectivity index (χ2n) is 9.77. The molecule has 0 amide bonds. The molecule has 0 fully saturated rings. The normalized spacial score (nSPS) is 23.3. The van der Waals surface area contributed by atoms with E-state index in [9.17, 15) is 30.8 Å². The van der Waals surface area contributed by atoms with Crippen molar-refractivity contribution in [3.63, 3.8) is 0 Å². The van der Waals surface area contributed by atoms with Gasteiger partial charge in [0, 0.05) is 36.6 Å². The van der Waals surface area contributed by atoms with Crippen LogP contribution in [-0.4, -0.2) is 50.2 Å². The summed E-state index contributed by atoms with van der Waals surface area (Å²) in [6.45, 7) is 4.04. The van der Waals surface area contributed by atoms with E-state index in [4.69, 9.17) is 0 Å². The van der Waals surface area contributed by atoms with Crippen LogP contribution in [0, 0.1) is 5.92 Å². The molecule has 1 heterocycles. The first-order valence-corrected chi connectivity index (χ1v) is 12.9. The Hall–Kier alpha value is -2.80. The second-order valence-corrected chi connectivity index (χ2v) is 11.3. The molecule has 0 N–H and O–H groups in total. The van der Waals surface area contributed by atoms with Crippen molar-refractivity contribution in [3.8, 4) is 5.75 Å². The third-order valence-corrected chi connectivity index (χ3v) is 7.13. The van der Waals surface area contributed by atoms with Crippen LogP contribution in [-0.2, 0) is 26.1 Å². The van der Waals surface area contributed by atoms with E-state index in [-0.39, 0.29) is 30.5 Å². The van der Waals surface area contributed by atoms with Gasteiger partial charge in [-0.1, -0.05) is 12.1 Å². The Morgan fingerprint density at radius 3 is 2.37 bits per heavy atom. The molecule has 0 saturated heterocycles. The third-order valence-electron chi connectivity index (χ3n) is 6.15. The lowest BCUT2D eigenvalue weighted by atomic mass is 9.80. The monoisotopic (exact) mass is 567 g/mol. The molecule has 3 atom stereocenters. The van der Waals surface area contributed by atoms with E-state index in [2.05, 4.69) is 8.92 Å². The molecule has 0 radical (unpaired) electrons. The molecule has 3 rings (SSSR count). The SMILES string of the molecule is COC(=O)/C=C/C1C=C(F)C(C2c3ccc(OS(=O)(=O)C(F)(F)F)cc3CC(C)N2CC(C)(C)F)=C(F)C1. The van der Waals surface area contributed by atoms with Crippen molar-refractivity contribution in [3.05, 3.63) is 64.8 Å². The molecule has 13 heteroatoms. The molecule has 0 saturated carbocycles. The number of nitrogens with zero attached hydrogens (tertiary/aromatic N) is 1. The number of alkyl halides is 4. The summed E-state index contributed by atoms with van der Waals surface area (Å²) in [6, 6.07) is 1.54. The maximum Gasteiger partial charge on any atom is 0.534 e. The van der Waals surface area contributed by atoms with E-state index in [1.165, 1.54) is 26.0 Å². The number of hydrogen-bond acceptors (Lipinski definition) is 6. The van der Waals surface area contributed by atoms with Gasteiger partial charge in [0.15, 0.2) is 0 Å². The molecule has 3 unspecified atom stereocenters. The molecule has 0 spiro atoms. The molecule has 2 aliphatic rings. The minimum Gasteiger partial charge on any atom is -0.466 e. The first kappa shape index (κ1) is 29.8. The van der Waals surface area contributed by atoms with Gasteiger partial charge in [0.05, 0.1) is 13.2 Å². The predicted molar refractivity (Wildman–Crippen MR) is 126 cm³/mol. The van der Waals surface area contributed by atoms with E-state index < -0.39 is 62.7 Å². The van der Waals surface area contributed by atoms with Crippen molar-refractivity contribution in [2.24, 2.45) is 5.92 Å². The number of carbonyl (C=O) groups excluding carboxylic acids is 1. The zero-order valence-corrected chi connectivity index (χ0v) is 21.8. The lowest BCUT2D eigenvalue weighted by molar-refractivity contribution is -0.134. The highest BCUT2D eigenvalue weighted by Gasteiger charge is 2.49. The summed E-state index contributed by atoms with van der Waals surface area (Å²) in [5, 5.41) is 0. The van der Waals surface area contributed by atoms with Gasteiger partial charge < -0.3 is 8.92 Å². The van der Waals surface area contributed by atoms with Crippen molar-refractivity contribution in [2.75, 3.05) is 13.7 Å². The summed E-state index contributed by atoms with van der Waals surface area (Å²) in [5.74, 6) is -3.91. The Balaban J connectivity index is 2.08. The van der Waals surface area contributed by atoms with Crippen LogP contribution in [0.1, 0.15) is 44.4 Å². The highest BCUT2D eigenvalue weighted by atomic mass is 32.2. The summed E-state index contributed by atoms with van der Waals surface area (Å²) in [7, 11) is -4.78. The number of rotatable bonds is 7. The number of fused-ring (bicyclic) bond motifs is 1. The van der Waals surface area contributed by atoms with E-state index >= 15 is 8.78 Å². The lowest BCUT2D eigenvalue weighted by Gasteiger charge is -2.45. The Morgan fingerprint density at radius 1 is 1.16 bits per heavy atom. The fraction of sp³-hybridized carbons (Fsp3) is 0.480. The van der Waals surface area contributed by atoms with Crippen molar-refractivity contribution in [1.29, 1.82) is 0 Å². The molecular weight excluding hydrogens is 540 g/mol. The van der Waals surface area contributed by atoms with Crippen LogP contribution < -0.4 is 4.18 Å². The zero-order chi connectivity index (χ0) is 28.6. The van der Waals surface area contributed by atoms with Crippen molar-refractivity contribution >= 4 is 16.1 Å². The Kier molecular flexibility index (Phi) is 8.42. The highest BCUT2D eigenvalue weighted by Crippen LogP contribution is 2.47. The first-order valence-electron chi connectivity index (χ1n) is 11.5. The maximum atomic E-state index is 15.5. The molecule has 38 heavy (non-hydrogen) atoms. The van der Waals surface area contributed by atoms with Gasteiger partial charge >= 0.3 is 21.6 Å². The molecule has 0 aromatic heterocycles. The minimum atomic E-state index is -5.93. The zero-order valence-electron chi connectivity index (χ0n) is 21.0. The molecule has 6 nitrogen and oxygen atoms in total. The number of allylic oxidation sites excluding steroid dienone is 3. The number of carbonyl (C=O) groups is 1. The van der Waals surface area contributed by atoms with Gasteiger partial charge in [-0.3, -0.25) is 4.90 Å². The number of benzene rings is 1. The van der Waals surface area contributed by atoms with E-state index in [0.29, 0.717) is 5.56 Å². The van der Waals surface area contributed by atoms with Gasteiger partial charge in [0.2, 0.25) is 0 Å². The summed E-state index contributed by atoms with van der Waals surface area (Å²) in [5.41, 5.74) is -7.23. The molecule has 0 bridgehead atoms. The van der Waals surface area contributed by atoms with Crippen LogP contribution in [0.5, 0.6) is 5.75 Å². The van der Waals surface area contributed by atoms with Crippen LogP contribution in [0.2, 0.25) is 0 Å². The number of methoxy groups -OCH3 is 1. The van der Waals surface area contributed by atoms with Crippen LogP contribution in [0.4, 0.5) is 26.3 Å². The predicted octanol–water partition coefficient (Wildman–Crippen LogP) is 5.78. The van der Waals surface area contributed by atoms with Crippen LogP contribution >= 0.6 is 0 Å². The van der Waals surface area contributed by atoms with Gasteiger partial charge in [-0.15, -0.1) is 0 Å². The highest BCUT2D eigenvalue weighted by molar-refractivity contribution is 7.88. The largest absolute Gasteiger partial charge is 0.534 e. The standard InChI is InChI=1S/C25H27F6NO5S/c1-14-9-16-12-17(37-38(34,35)25(29,30)31)6-7-18(16)23(32(14)13-24(2,3)28)22-19(26)10-15(11-20(22)27)5-8-21(33)36-4/h5-8,10,12,14-15,23H,9,11,13H2,1-4H3/b8-5+. The van der Waals surface area contributed by atoms with Gasteiger partial charge in [-0.2, -0.15) is 21.6 Å². The van der Waals surface area contributed by atoms with Gasteiger partial charge in [-0.05, 0) is 56.5 Å². The third kappa shape index (κ3) is 6.60. The summed E-state index contributed by atoms with van der Waals surface area (Å²) in [4.78, 5) is 12.9. The Labute approximate surface area is 216 Å². The van der Waals surface area contributed by atoms with Gasteiger partial charge in [0.1, 0.15) is 23.1 Å². The van der Waals surface area contributed by atoms with Crippen molar-refractivity contribution < 1.29 is 48.5 Å². The van der Waals surface area contributed by atoms with Crippen LogP contribution in [0.25, 0.3) is 0 Å². The average molecular weight is 568 g/mol. The maximum absolute atomic E-state index is 15.5. The minimum absolute atomic E-state index is 0.121. The van der Waals surface area contributed by atoms with E-state index in [1.807, 2.05) is 0 Å². The second kappa shape index (κ2) is 10.8. The molecule has 1 aromatic carbocycles. The number of hydrogen-bond donors (Lipinski definition) is 0. The Bertz CT molecular complexity index is 1280. The number of halogens is 6. The smallest absolute Gasteiger partial charge is 0.466 e. The van der Waals surface area contributed by atoms with Crippen LogP contribution in [0.15, 0.2) is 53.7 Å². The van der Waals surface area contributed by atoms with E-state index in [0.717, 1.165) is 31.4 Å². The fourth-order valence-corrected chi connectivity index (χ4v) is 5.03. The number of ether oxygens (including phenoxy) is 1. The summed E-state index contributed by atoms with van der Waals surface area (Å²) < 4.78 is 116. The number of esters is 1. The Morgan fingerprint density at radius 2 is 1.82 bits per heavy atom. The van der Waals surface area contributed by atoms with Crippen molar-refractivity contribution in [2.45, 2.75) is 56.9 Å². The quantitative estimate of drug-likeness (QED) is 0.137. The average Bonchev–Trinajstić information content (AvgIpc) is 2.77. The van der Waals surface area contributed by atoms with Gasteiger partial charge in [-0.25, -0.2) is 18.0 Å². The molecule has 1 aliphatic carbocycles. The van der Waals surface area contributed by atoms with E-state index in [1.54, 1.807) is 11.8 Å². The van der Waals surface area contributed by atoms with Crippen molar-refractivity contribution in [1.82, 2.24) is 4.90 Å². The molecule has 210 valence electrons. The van der Waals surface area contributed by atoms with Gasteiger partial charge in [0.25, 0.3) is 0 Å². The summed E-state index contributed by atoms with van der Waals surface area (Å²) >= 11 is 0. The topological polar surface area (TPSA) is 72.9 Å². The molecule has 1 aromatic rings. The summed E-state index contributed by atoms with van der Waals surface area (Å²) in [6.07, 6.45) is 3.26. The molecular formula is C25H27F6NO5S. The van der Waals surface area contributed by atoms with Crippen LogP contribution in [0.3, 0.4) is 0 Å². The lowest BCUT2D eigenvalue weighted by Crippen LogP contribution is -2.48. The first-order chi connectivity index (χ1) is 17.4.